The highest BCUT2D eigenvalue weighted by Crippen LogP contribution is 2.37. The van der Waals surface area contributed by atoms with Crippen LogP contribution in [-0.4, -0.2) is 37.3 Å². The van der Waals surface area contributed by atoms with Crippen molar-refractivity contribution in [3.05, 3.63) is 35.2 Å². The van der Waals surface area contributed by atoms with E-state index in [9.17, 15) is 14.0 Å². The number of aldehydes is 1. The molecule has 26 heavy (non-hydrogen) atoms. The zero-order valence-corrected chi connectivity index (χ0v) is 15.3. The number of alkyl halides is 1. The van der Waals surface area contributed by atoms with Crippen LogP contribution in [-0.2, 0) is 4.79 Å². The molecule has 140 valence electrons. The summed E-state index contributed by atoms with van der Waals surface area (Å²) in [5.74, 6) is 0.132. The second kappa shape index (κ2) is 8.18. The van der Waals surface area contributed by atoms with Gasteiger partial charge in [-0.15, -0.1) is 11.6 Å². The van der Waals surface area contributed by atoms with Gasteiger partial charge in [-0.25, -0.2) is 4.39 Å². The van der Waals surface area contributed by atoms with Crippen LogP contribution in [0.2, 0.25) is 0 Å². The lowest BCUT2D eigenvalue weighted by Crippen LogP contribution is -2.35. The normalized spacial score (nSPS) is 25.9. The largest absolute Gasteiger partial charge is 0.495 e. The number of halogens is 2. The SMILES string of the molecule is COc1cc(C=O)ccc1NC(=O)C1CC(C2=C(F)CC(Cl)CC2)CN1. The fourth-order valence-corrected chi connectivity index (χ4v) is 3.85. The first kappa shape index (κ1) is 18.9. The molecular weight excluding hydrogens is 359 g/mol. The number of allylic oxidation sites excluding steroid dienone is 1. The number of ether oxygens (including phenoxy) is 1. The van der Waals surface area contributed by atoms with Gasteiger partial charge in [0, 0.05) is 23.9 Å². The van der Waals surface area contributed by atoms with E-state index < -0.39 is 6.04 Å². The van der Waals surface area contributed by atoms with Gasteiger partial charge in [-0.2, -0.15) is 0 Å². The lowest BCUT2D eigenvalue weighted by molar-refractivity contribution is -0.117. The summed E-state index contributed by atoms with van der Waals surface area (Å²) in [5.41, 5.74) is 1.77. The molecule has 1 heterocycles. The minimum atomic E-state index is -0.399. The van der Waals surface area contributed by atoms with E-state index in [1.54, 1.807) is 18.2 Å². The summed E-state index contributed by atoms with van der Waals surface area (Å²) in [6.07, 6.45) is 2.98. The second-order valence-electron chi connectivity index (χ2n) is 6.73. The highest BCUT2D eigenvalue weighted by molar-refractivity contribution is 6.20. The molecule has 7 heteroatoms. The molecule has 3 atom stereocenters. The van der Waals surface area contributed by atoms with Crippen molar-refractivity contribution in [2.45, 2.75) is 37.1 Å². The molecule has 2 N–H and O–H groups in total. The number of benzene rings is 1. The van der Waals surface area contributed by atoms with E-state index >= 15 is 0 Å². The van der Waals surface area contributed by atoms with Crippen molar-refractivity contribution in [2.75, 3.05) is 19.0 Å². The average molecular weight is 381 g/mol. The van der Waals surface area contributed by atoms with Crippen molar-refractivity contribution in [1.29, 1.82) is 0 Å². The summed E-state index contributed by atoms with van der Waals surface area (Å²) in [5, 5.41) is 5.87. The minimum Gasteiger partial charge on any atom is -0.495 e. The van der Waals surface area contributed by atoms with Gasteiger partial charge in [0.05, 0.1) is 18.8 Å². The van der Waals surface area contributed by atoms with Gasteiger partial charge in [-0.3, -0.25) is 9.59 Å². The molecular formula is C19H22ClFN2O3. The molecule has 3 rings (SSSR count). The van der Waals surface area contributed by atoms with Crippen LogP contribution in [0.5, 0.6) is 5.75 Å². The minimum absolute atomic E-state index is 0.0225. The molecule has 1 aliphatic carbocycles. The monoisotopic (exact) mass is 380 g/mol. The third kappa shape index (κ3) is 4.07. The number of hydrogen-bond acceptors (Lipinski definition) is 4. The van der Waals surface area contributed by atoms with E-state index in [4.69, 9.17) is 16.3 Å². The lowest BCUT2D eigenvalue weighted by atomic mass is 9.86. The van der Waals surface area contributed by atoms with Gasteiger partial charge in [0.1, 0.15) is 17.9 Å². The van der Waals surface area contributed by atoms with Gasteiger partial charge in [0.2, 0.25) is 5.91 Å². The lowest BCUT2D eigenvalue weighted by Gasteiger charge is -2.23. The second-order valence-corrected chi connectivity index (χ2v) is 7.35. The number of methoxy groups -OCH3 is 1. The summed E-state index contributed by atoms with van der Waals surface area (Å²) in [6, 6.07) is 4.42. The predicted octanol–water partition coefficient (Wildman–Crippen LogP) is 3.44. The highest BCUT2D eigenvalue weighted by atomic mass is 35.5. The van der Waals surface area contributed by atoms with Crippen molar-refractivity contribution in [3.63, 3.8) is 0 Å². The van der Waals surface area contributed by atoms with E-state index in [-0.39, 0.29) is 29.4 Å². The van der Waals surface area contributed by atoms with E-state index in [1.165, 1.54) is 7.11 Å². The van der Waals surface area contributed by atoms with Gasteiger partial charge >= 0.3 is 0 Å². The molecule has 1 aromatic carbocycles. The molecule has 0 aromatic heterocycles. The molecule has 1 aromatic rings. The molecule has 0 spiro atoms. The summed E-state index contributed by atoms with van der Waals surface area (Å²) < 4.78 is 19.4. The molecule has 1 aliphatic heterocycles. The first-order chi connectivity index (χ1) is 12.5. The Kier molecular flexibility index (Phi) is 5.94. The van der Waals surface area contributed by atoms with Crippen LogP contribution < -0.4 is 15.4 Å². The number of carbonyl (C=O) groups excluding carboxylic acids is 2. The van der Waals surface area contributed by atoms with E-state index in [1.807, 2.05) is 0 Å². The maximum atomic E-state index is 14.2. The van der Waals surface area contributed by atoms with E-state index in [0.29, 0.717) is 36.4 Å². The quantitative estimate of drug-likeness (QED) is 0.606. The van der Waals surface area contributed by atoms with Crippen LogP contribution in [0.15, 0.2) is 29.6 Å². The average Bonchev–Trinajstić information content (AvgIpc) is 3.12. The van der Waals surface area contributed by atoms with Gasteiger partial charge in [-0.1, -0.05) is 0 Å². The molecule has 2 aliphatic rings. The van der Waals surface area contributed by atoms with Crippen LogP contribution in [0.1, 0.15) is 36.0 Å². The molecule has 1 amide bonds. The standard InChI is InChI=1S/C19H22ClFN2O3/c1-26-18-6-11(10-24)2-5-16(18)23-19(25)17-7-12(9-22-17)14-4-3-13(20)8-15(14)21/h2,5-6,10,12-13,17,22H,3-4,7-9H2,1H3,(H,23,25). The Bertz CT molecular complexity index is 737. The first-order valence-electron chi connectivity index (χ1n) is 8.70. The molecule has 0 saturated carbocycles. The fourth-order valence-electron chi connectivity index (χ4n) is 3.61. The Hall–Kier alpha value is -1.92. The zero-order chi connectivity index (χ0) is 18.7. The smallest absolute Gasteiger partial charge is 0.241 e. The summed E-state index contributed by atoms with van der Waals surface area (Å²) in [4.78, 5) is 23.4. The van der Waals surface area contributed by atoms with Crippen LogP contribution in [0.4, 0.5) is 10.1 Å². The van der Waals surface area contributed by atoms with Crippen molar-refractivity contribution in [3.8, 4) is 5.75 Å². The number of anilines is 1. The van der Waals surface area contributed by atoms with Gasteiger partial charge in [0.15, 0.2) is 0 Å². The Balaban J connectivity index is 1.65. The topological polar surface area (TPSA) is 67.4 Å². The first-order valence-corrected chi connectivity index (χ1v) is 9.14. The molecule has 1 fully saturated rings. The summed E-state index contributed by atoms with van der Waals surface area (Å²) in [7, 11) is 1.48. The van der Waals surface area contributed by atoms with Crippen LogP contribution >= 0.6 is 11.6 Å². The predicted molar refractivity (Wildman–Crippen MR) is 98.5 cm³/mol. The maximum absolute atomic E-state index is 14.2. The fraction of sp³-hybridized carbons (Fsp3) is 0.474. The van der Waals surface area contributed by atoms with Crippen molar-refractivity contribution in [1.82, 2.24) is 5.32 Å². The summed E-state index contributed by atoms with van der Waals surface area (Å²) in [6.45, 7) is 0.578. The maximum Gasteiger partial charge on any atom is 0.241 e. The Morgan fingerprint density at radius 2 is 2.27 bits per heavy atom. The molecule has 3 unspecified atom stereocenters. The number of amides is 1. The Labute approximate surface area is 156 Å². The Morgan fingerprint density at radius 1 is 1.46 bits per heavy atom. The van der Waals surface area contributed by atoms with E-state index in [2.05, 4.69) is 10.6 Å². The third-order valence-electron chi connectivity index (χ3n) is 5.04. The number of rotatable bonds is 5. The third-order valence-corrected chi connectivity index (χ3v) is 5.41. The van der Waals surface area contributed by atoms with Gasteiger partial charge in [0.25, 0.3) is 0 Å². The highest BCUT2D eigenvalue weighted by Gasteiger charge is 2.34. The number of nitrogens with one attached hydrogen (secondary N) is 2. The van der Waals surface area contributed by atoms with Crippen LogP contribution in [0.3, 0.4) is 0 Å². The van der Waals surface area contributed by atoms with Crippen molar-refractivity contribution < 1.29 is 18.7 Å². The number of hydrogen-bond donors (Lipinski definition) is 2. The zero-order valence-electron chi connectivity index (χ0n) is 14.6. The summed E-state index contributed by atoms with van der Waals surface area (Å²) >= 11 is 6.02. The number of carbonyl (C=O) groups is 2. The van der Waals surface area contributed by atoms with Crippen molar-refractivity contribution in [2.24, 2.45) is 5.92 Å². The molecule has 1 saturated heterocycles. The van der Waals surface area contributed by atoms with Gasteiger partial charge in [-0.05, 0) is 49.0 Å². The van der Waals surface area contributed by atoms with Gasteiger partial charge < -0.3 is 15.4 Å². The molecule has 0 radical (unpaired) electrons. The van der Waals surface area contributed by atoms with Crippen molar-refractivity contribution >= 4 is 29.5 Å². The molecule has 5 nitrogen and oxygen atoms in total. The van der Waals surface area contributed by atoms with Crippen LogP contribution in [0, 0.1) is 5.92 Å². The Morgan fingerprint density at radius 3 is 2.96 bits per heavy atom. The van der Waals surface area contributed by atoms with E-state index in [0.717, 1.165) is 18.3 Å². The molecule has 0 bridgehead atoms. The van der Waals surface area contributed by atoms with Crippen LogP contribution in [0.25, 0.3) is 0 Å².